The minimum atomic E-state index is -0.816. The van der Waals surface area contributed by atoms with Crippen molar-refractivity contribution in [2.45, 2.75) is 18.5 Å². The molecule has 0 spiro atoms. The molecule has 0 bridgehead atoms. The number of carboxylic acids is 1. The van der Waals surface area contributed by atoms with Gasteiger partial charge in [0.05, 0.1) is 6.04 Å². The van der Waals surface area contributed by atoms with Crippen molar-refractivity contribution >= 4 is 22.9 Å². The first-order valence-electron chi connectivity index (χ1n) is 8.04. The van der Waals surface area contributed by atoms with Crippen molar-refractivity contribution < 1.29 is 9.90 Å². The second-order valence-electron chi connectivity index (χ2n) is 6.07. The van der Waals surface area contributed by atoms with Gasteiger partial charge in [-0.3, -0.25) is 10.1 Å². The van der Waals surface area contributed by atoms with E-state index in [1.807, 2.05) is 66.7 Å². The van der Waals surface area contributed by atoms with Gasteiger partial charge in [-0.25, -0.2) is 0 Å². The van der Waals surface area contributed by atoms with E-state index < -0.39 is 12.0 Å². The first-order chi connectivity index (χ1) is 11.7. The van der Waals surface area contributed by atoms with Gasteiger partial charge < -0.3 is 10.1 Å². The zero-order valence-electron chi connectivity index (χ0n) is 13.1. The third-order valence-electron chi connectivity index (χ3n) is 4.53. The quantitative estimate of drug-likeness (QED) is 0.692. The molecule has 4 heteroatoms. The summed E-state index contributed by atoms with van der Waals surface area (Å²) in [5.74, 6) is -0.816. The van der Waals surface area contributed by atoms with Crippen LogP contribution in [0.4, 0.5) is 0 Å². The molecule has 0 amide bonds. The van der Waals surface area contributed by atoms with Crippen LogP contribution >= 0.6 is 0 Å². The highest BCUT2D eigenvalue weighted by Gasteiger charge is 2.31. The van der Waals surface area contributed by atoms with E-state index in [1.54, 1.807) is 0 Å². The molecule has 0 saturated heterocycles. The average molecular weight is 318 g/mol. The predicted octanol–water partition coefficient (Wildman–Crippen LogP) is 3.52. The SMILES string of the molecule is O=C(O)[C@H]1Cc2c([nH]c3ccccc23)[C@H](/C=C/c2ccccc2)N1. The maximum Gasteiger partial charge on any atom is 0.321 e. The number of hydrogen-bond donors (Lipinski definition) is 3. The molecule has 0 fully saturated rings. The Labute approximate surface area is 139 Å². The van der Waals surface area contributed by atoms with Crippen molar-refractivity contribution in [3.63, 3.8) is 0 Å². The van der Waals surface area contributed by atoms with Gasteiger partial charge in [0.2, 0.25) is 0 Å². The molecule has 120 valence electrons. The van der Waals surface area contributed by atoms with Gasteiger partial charge in [-0.05, 0) is 17.2 Å². The van der Waals surface area contributed by atoms with Crippen molar-refractivity contribution in [2.75, 3.05) is 0 Å². The summed E-state index contributed by atoms with van der Waals surface area (Å²) in [6.07, 6.45) is 4.54. The predicted molar refractivity (Wildman–Crippen MR) is 94.8 cm³/mol. The van der Waals surface area contributed by atoms with E-state index >= 15 is 0 Å². The molecule has 0 aliphatic carbocycles. The largest absolute Gasteiger partial charge is 0.480 e. The van der Waals surface area contributed by atoms with Crippen molar-refractivity contribution in [1.82, 2.24) is 10.3 Å². The Morgan fingerprint density at radius 3 is 2.62 bits per heavy atom. The molecular weight excluding hydrogens is 300 g/mol. The van der Waals surface area contributed by atoms with Crippen LogP contribution in [0.3, 0.4) is 0 Å². The highest BCUT2D eigenvalue weighted by atomic mass is 16.4. The minimum absolute atomic E-state index is 0.151. The van der Waals surface area contributed by atoms with Crippen LogP contribution in [0.5, 0.6) is 0 Å². The molecule has 4 nitrogen and oxygen atoms in total. The Morgan fingerprint density at radius 2 is 1.83 bits per heavy atom. The third kappa shape index (κ3) is 2.61. The van der Waals surface area contributed by atoms with E-state index in [2.05, 4.69) is 10.3 Å². The second kappa shape index (κ2) is 5.98. The van der Waals surface area contributed by atoms with Gasteiger partial charge in [0, 0.05) is 23.0 Å². The lowest BCUT2D eigenvalue weighted by Gasteiger charge is -2.27. The molecule has 2 aromatic carbocycles. The van der Waals surface area contributed by atoms with E-state index in [1.165, 1.54) is 0 Å². The zero-order valence-corrected chi connectivity index (χ0v) is 13.1. The second-order valence-corrected chi connectivity index (χ2v) is 6.07. The zero-order chi connectivity index (χ0) is 16.5. The van der Waals surface area contributed by atoms with Gasteiger partial charge in [0.25, 0.3) is 0 Å². The van der Waals surface area contributed by atoms with Gasteiger partial charge in [-0.15, -0.1) is 0 Å². The number of aliphatic carboxylic acids is 1. The molecule has 2 atom stereocenters. The Balaban J connectivity index is 1.76. The lowest BCUT2D eigenvalue weighted by molar-refractivity contribution is -0.139. The third-order valence-corrected chi connectivity index (χ3v) is 4.53. The first-order valence-corrected chi connectivity index (χ1v) is 8.04. The maximum absolute atomic E-state index is 11.5. The lowest BCUT2D eigenvalue weighted by Crippen LogP contribution is -2.44. The fourth-order valence-corrected chi connectivity index (χ4v) is 3.35. The highest BCUT2D eigenvalue weighted by Crippen LogP contribution is 2.32. The van der Waals surface area contributed by atoms with E-state index in [-0.39, 0.29) is 6.04 Å². The van der Waals surface area contributed by atoms with E-state index in [9.17, 15) is 9.90 Å². The monoisotopic (exact) mass is 318 g/mol. The standard InChI is InChI=1S/C20H18N2O2/c23-20(24)18-12-15-14-8-4-5-9-16(14)22-19(15)17(21-18)11-10-13-6-2-1-3-7-13/h1-11,17-18,21-22H,12H2,(H,23,24)/b11-10+/t17-,18+/m0/s1. The van der Waals surface area contributed by atoms with Crippen molar-refractivity contribution in [3.8, 4) is 0 Å². The molecule has 4 rings (SSSR count). The van der Waals surface area contributed by atoms with Crippen LogP contribution in [-0.4, -0.2) is 22.1 Å². The topological polar surface area (TPSA) is 65.1 Å². The summed E-state index contributed by atoms with van der Waals surface area (Å²) in [7, 11) is 0. The van der Waals surface area contributed by atoms with Crippen LogP contribution in [0, 0.1) is 0 Å². The molecule has 1 aliphatic rings. The number of aromatic nitrogens is 1. The van der Waals surface area contributed by atoms with Gasteiger partial charge >= 0.3 is 5.97 Å². The highest BCUT2D eigenvalue weighted by molar-refractivity contribution is 5.87. The Kier molecular flexibility index (Phi) is 3.67. The number of hydrogen-bond acceptors (Lipinski definition) is 2. The number of para-hydroxylation sites is 1. The molecule has 2 heterocycles. The molecule has 3 N–H and O–H groups in total. The number of fused-ring (bicyclic) bond motifs is 3. The first kappa shape index (κ1) is 14.7. The number of H-pyrrole nitrogens is 1. The number of carbonyl (C=O) groups is 1. The molecular formula is C20H18N2O2. The summed E-state index contributed by atoms with van der Waals surface area (Å²) in [5.41, 5.74) is 4.29. The summed E-state index contributed by atoms with van der Waals surface area (Å²) in [5, 5.41) is 13.8. The summed E-state index contributed by atoms with van der Waals surface area (Å²) < 4.78 is 0. The van der Waals surface area contributed by atoms with Gasteiger partial charge in [0.15, 0.2) is 0 Å². The number of rotatable bonds is 3. The Hall–Kier alpha value is -2.85. The van der Waals surface area contributed by atoms with E-state index in [0.717, 1.165) is 27.7 Å². The van der Waals surface area contributed by atoms with Crippen molar-refractivity contribution in [3.05, 3.63) is 77.5 Å². The van der Waals surface area contributed by atoms with Gasteiger partial charge in [0.1, 0.15) is 6.04 Å². The smallest absolute Gasteiger partial charge is 0.321 e. The van der Waals surface area contributed by atoms with Crippen LogP contribution in [0.25, 0.3) is 17.0 Å². The summed E-state index contributed by atoms with van der Waals surface area (Å²) in [4.78, 5) is 15.0. The van der Waals surface area contributed by atoms with Gasteiger partial charge in [-0.2, -0.15) is 0 Å². The van der Waals surface area contributed by atoms with Crippen LogP contribution in [0.1, 0.15) is 22.9 Å². The normalized spacial score (nSPS) is 20.3. The van der Waals surface area contributed by atoms with Crippen LogP contribution < -0.4 is 5.32 Å². The maximum atomic E-state index is 11.5. The van der Waals surface area contributed by atoms with Crippen LogP contribution in [-0.2, 0) is 11.2 Å². The van der Waals surface area contributed by atoms with Crippen LogP contribution in [0.2, 0.25) is 0 Å². The number of benzene rings is 2. The van der Waals surface area contributed by atoms with E-state index in [0.29, 0.717) is 6.42 Å². The number of carboxylic acid groups (broad SMARTS) is 1. The van der Waals surface area contributed by atoms with Gasteiger partial charge in [-0.1, -0.05) is 60.7 Å². The minimum Gasteiger partial charge on any atom is -0.480 e. The number of aromatic amines is 1. The molecule has 24 heavy (non-hydrogen) atoms. The Bertz CT molecular complexity index is 912. The Morgan fingerprint density at radius 1 is 1.08 bits per heavy atom. The molecule has 0 saturated carbocycles. The fourth-order valence-electron chi connectivity index (χ4n) is 3.35. The van der Waals surface area contributed by atoms with Crippen molar-refractivity contribution in [2.24, 2.45) is 0 Å². The molecule has 0 unspecified atom stereocenters. The number of nitrogens with one attached hydrogen (secondary N) is 2. The molecule has 1 aromatic heterocycles. The average Bonchev–Trinajstić information content (AvgIpc) is 2.99. The summed E-state index contributed by atoms with van der Waals surface area (Å²) in [6, 6.07) is 17.3. The lowest BCUT2D eigenvalue weighted by atomic mass is 9.93. The van der Waals surface area contributed by atoms with Crippen molar-refractivity contribution in [1.29, 1.82) is 0 Å². The van der Waals surface area contributed by atoms with Crippen LogP contribution in [0.15, 0.2) is 60.7 Å². The van der Waals surface area contributed by atoms with E-state index in [4.69, 9.17) is 0 Å². The summed E-state index contributed by atoms with van der Waals surface area (Å²) >= 11 is 0. The molecule has 1 aliphatic heterocycles. The fraction of sp³-hybridized carbons (Fsp3) is 0.150. The summed E-state index contributed by atoms with van der Waals surface area (Å²) in [6.45, 7) is 0. The molecule has 3 aromatic rings. The molecule has 0 radical (unpaired) electrons.